The first-order chi connectivity index (χ1) is 13.4. The molecule has 1 unspecified atom stereocenters. The van der Waals surface area contributed by atoms with E-state index < -0.39 is 34.2 Å². The zero-order chi connectivity index (χ0) is 21.8. The monoisotopic (exact) mass is 428 g/mol. The first-order valence-corrected chi connectivity index (χ1v) is 10.8. The third kappa shape index (κ3) is 6.22. The number of hydrogen-bond donors (Lipinski definition) is 1. The molecule has 0 fully saturated rings. The topological polar surface area (TPSA) is 66.5 Å². The van der Waals surface area contributed by atoms with Gasteiger partial charge >= 0.3 is 6.18 Å². The van der Waals surface area contributed by atoms with Gasteiger partial charge in [0.25, 0.3) is 0 Å². The minimum Gasteiger partial charge on any atom is -0.348 e. The number of halogens is 3. The Morgan fingerprint density at radius 2 is 1.76 bits per heavy atom. The van der Waals surface area contributed by atoms with Gasteiger partial charge in [-0.2, -0.15) is 13.2 Å². The Kier molecular flexibility index (Phi) is 6.94. The third-order valence-corrected chi connectivity index (χ3v) is 5.51. The molecule has 1 amide bonds. The highest BCUT2D eigenvalue weighted by Crippen LogP contribution is 2.32. The minimum atomic E-state index is -4.62. The molecule has 2 aromatic carbocycles. The average molecular weight is 428 g/mol. The van der Waals surface area contributed by atoms with Gasteiger partial charge in [-0.1, -0.05) is 42.8 Å². The molecule has 0 aliphatic rings. The fraction of sp³-hybridized carbons (Fsp3) is 0.350. The number of anilines is 1. The van der Waals surface area contributed by atoms with Gasteiger partial charge in [0.1, 0.15) is 6.54 Å². The van der Waals surface area contributed by atoms with Gasteiger partial charge in [0.2, 0.25) is 15.9 Å². The number of nitrogens with zero attached hydrogens (tertiary/aromatic N) is 1. The molecule has 158 valence electrons. The number of rotatable bonds is 7. The Balaban J connectivity index is 2.24. The molecule has 9 heteroatoms. The number of benzene rings is 2. The van der Waals surface area contributed by atoms with E-state index in [1.54, 1.807) is 0 Å². The molecule has 0 spiro atoms. The molecular weight excluding hydrogens is 405 g/mol. The molecule has 0 saturated heterocycles. The Morgan fingerprint density at radius 1 is 1.14 bits per heavy atom. The van der Waals surface area contributed by atoms with Crippen molar-refractivity contribution >= 4 is 21.6 Å². The Bertz CT molecular complexity index is 958. The van der Waals surface area contributed by atoms with E-state index in [1.165, 1.54) is 6.07 Å². The van der Waals surface area contributed by atoms with Crippen molar-refractivity contribution in [2.75, 3.05) is 17.1 Å². The van der Waals surface area contributed by atoms with Crippen LogP contribution in [-0.4, -0.2) is 27.1 Å². The van der Waals surface area contributed by atoms with Crippen LogP contribution in [0.25, 0.3) is 0 Å². The molecule has 5 nitrogen and oxygen atoms in total. The van der Waals surface area contributed by atoms with E-state index in [9.17, 15) is 26.4 Å². The zero-order valence-corrected chi connectivity index (χ0v) is 17.1. The van der Waals surface area contributed by atoms with Crippen LogP contribution in [0.1, 0.15) is 36.1 Å². The van der Waals surface area contributed by atoms with Crippen LogP contribution in [0.15, 0.2) is 48.5 Å². The standard InChI is InChI=1S/C20H23F3N2O3S/c1-4-18(15-10-8-14(2)9-11-15)24-19(26)13-25(29(3,27)28)17-7-5-6-16(12-17)20(21,22)23/h5-12,18H,4,13H2,1-3H3,(H,24,26). The summed E-state index contributed by atoms with van der Waals surface area (Å²) in [7, 11) is -3.98. The predicted octanol–water partition coefficient (Wildman–Crippen LogP) is 4.05. The van der Waals surface area contributed by atoms with Crippen molar-refractivity contribution in [3.63, 3.8) is 0 Å². The number of carbonyl (C=O) groups is 1. The van der Waals surface area contributed by atoms with Crippen molar-refractivity contribution in [1.82, 2.24) is 5.32 Å². The molecule has 29 heavy (non-hydrogen) atoms. The molecule has 0 saturated carbocycles. The SMILES string of the molecule is CCC(NC(=O)CN(c1cccc(C(F)(F)F)c1)S(C)(=O)=O)c1ccc(C)cc1. The summed E-state index contributed by atoms with van der Waals surface area (Å²) in [6.45, 7) is 3.18. The molecule has 0 aliphatic carbocycles. The lowest BCUT2D eigenvalue weighted by atomic mass is 10.0. The number of sulfonamides is 1. The fourth-order valence-electron chi connectivity index (χ4n) is 2.83. The highest BCUT2D eigenvalue weighted by Gasteiger charge is 2.32. The second-order valence-corrected chi connectivity index (χ2v) is 8.66. The highest BCUT2D eigenvalue weighted by molar-refractivity contribution is 7.92. The number of nitrogens with one attached hydrogen (secondary N) is 1. The number of amides is 1. The van der Waals surface area contributed by atoms with Crippen molar-refractivity contribution in [3.05, 3.63) is 65.2 Å². The van der Waals surface area contributed by atoms with Crippen LogP contribution in [0, 0.1) is 6.92 Å². The van der Waals surface area contributed by atoms with Gasteiger partial charge in [0, 0.05) is 0 Å². The summed E-state index contributed by atoms with van der Waals surface area (Å²) in [5, 5.41) is 2.75. The van der Waals surface area contributed by atoms with E-state index >= 15 is 0 Å². The summed E-state index contributed by atoms with van der Waals surface area (Å²) >= 11 is 0. The molecule has 1 N–H and O–H groups in total. The maximum Gasteiger partial charge on any atom is 0.416 e. The molecule has 2 rings (SSSR count). The molecule has 0 bridgehead atoms. The van der Waals surface area contributed by atoms with Gasteiger partial charge in [-0.05, 0) is 37.1 Å². The summed E-state index contributed by atoms with van der Waals surface area (Å²) in [5.74, 6) is -0.611. The lowest BCUT2D eigenvalue weighted by Gasteiger charge is -2.24. The fourth-order valence-corrected chi connectivity index (χ4v) is 3.68. The van der Waals surface area contributed by atoms with Crippen LogP contribution >= 0.6 is 0 Å². The van der Waals surface area contributed by atoms with E-state index in [2.05, 4.69) is 5.32 Å². The van der Waals surface area contributed by atoms with Crippen LogP contribution in [0.5, 0.6) is 0 Å². The predicted molar refractivity (Wildman–Crippen MR) is 106 cm³/mol. The molecule has 0 radical (unpaired) electrons. The quantitative estimate of drug-likeness (QED) is 0.724. The number of carbonyl (C=O) groups excluding carboxylic acids is 1. The maximum atomic E-state index is 13.0. The smallest absolute Gasteiger partial charge is 0.348 e. The van der Waals surface area contributed by atoms with Gasteiger partial charge in [0.15, 0.2) is 0 Å². The first-order valence-electron chi connectivity index (χ1n) is 8.92. The maximum absolute atomic E-state index is 13.0. The van der Waals surface area contributed by atoms with E-state index in [0.717, 1.165) is 29.5 Å². The van der Waals surface area contributed by atoms with Crippen LogP contribution in [0.2, 0.25) is 0 Å². The van der Waals surface area contributed by atoms with E-state index in [4.69, 9.17) is 0 Å². The summed E-state index contributed by atoms with van der Waals surface area (Å²) < 4.78 is 63.9. The van der Waals surface area contributed by atoms with Gasteiger partial charge in [-0.15, -0.1) is 0 Å². The van der Waals surface area contributed by atoms with Crippen LogP contribution in [0.4, 0.5) is 18.9 Å². The van der Waals surface area contributed by atoms with E-state index in [-0.39, 0.29) is 11.7 Å². The number of hydrogen-bond acceptors (Lipinski definition) is 3. The molecule has 0 aliphatic heterocycles. The van der Waals surface area contributed by atoms with Crippen LogP contribution in [-0.2, 0) is 21.0 Å². The number of aryl methyl sites for hydroxylation is 1. The van der Waals surface area contributed by atoms with Crippen molar-refractivity contribution in [3.8, 4) is 0 Å². The van der Waals surface area contributed by atoms with Crippen LogP contribution in [0.3, 0.4) is 0 Å². The first kappa shape index (κ1) is 22.7. The van der Waals surface area contributed by atoms with Gasteiger partial charge in [-0.3, -0.25) is 9.10 Å². The van der Waals surface area contributed by atoms with Gasteiger partial charge in [-0.25, -0.2) is 8.42 Å². The molecule has 1 atom stereocenters. The third-order valence-electron chi connectivity index (χ3n) is 4.37. The summed E-state index contributed by atoms with van der Waals surface area (Å²) in [6.07, 6.45) is -3.21. The Morgan fingerprint density at radius 3 is 2.28 bits per heavy atom. The lowest BCUT2D eigenvalue weighted by Crippen LogP contribution is -2.41. The summed E-state index contributed by atoms with van der Waals surface area (Å²) in [4.78, 5) is 12.5. The summed E-state index contributed by atoms with van der Waals surface area (Å²) in [5.41, 5.74) is 0.704. The van der Waals surface area contributed by atoms with Gasteiger partial charge in [0.05, 0.1) is 23.5 Å². The molecular formula is C20H23F3N2O3S. The molecule has 0 aromatic heterocycles. The van der Waals surface area contributed by atoms with Crippen molar-refractivity contribution < 1.29 is 26.4 Å². The van der Waals surface area contributed by atoms with E-state index in [1.807, 2.05) is 38.1 Å². The molecule has 0 heterocycles. The van der Waals surface area contributed by atoms with Gasteiger partial charge < -0.3 is 5.32 Å². The Hall–Kier alpha value is -2.55. The minimum absolute atomic E-state index is 0.221. The number of alkyl halides is 3. The van der Waals surface area contributed by atoms with Crippen molar-refractivity contribution in [2.24, 2.45) is 0 Å². The van der Waals surface area contributed by atoms with Crippen molar-refractivity contribution in [2.45, 2.75) is 32.5 Å². The second-order valence-electron chi connectivity index (χ2n) is 6.76. The largest absolute Gasteiger partial charge is 0.416 e. The molecule has 2 aromatic rings. The van der Waals surface area contributed by atoms with E-state index in [0.29, 0.717) is 16.8 Å². The second kappa shape index (κ2) is 8.86. The normalized spacial score (nSPS) is 13.0. The van der Waals surface area contributed by atoms with Crippen LogP contribution < -0.4 is 9.62 Å². The Labute approximate surface area is 168 Å². The van der Waals surface area contributed by atoms with Crippen molar-refractivity contribution in [1.29, 1.82) is 0 Å². The zero-order valence-electron chi connectivity index (χ0n) is 16.3. The lowest BCUT2D eigenvalue weighted by molar-refractivity contribution is -0.137. The highest BCUT2D eigenvalue weighted by atomic mass is 32.2. The summed E-state index contributed by atoms with van der Waals surface area (Å²) in [6, 6.07) is 11.1. The average Bonchev–Trinajstić information content (AvgIpc) is 2.63.